The summed E-state index contributed by atoms with van der Waals surface area (Å²) in [5.41, 5.74) is 0.911. The van der Waals surface area contributed by atoms with Crippen molar-refractivity contribution < 1.29 is 14.6 Å². The number of phenolic OH excluding ortho intramolecular Hbond substituents is 1. The topological polar surface area (TPSA) is 49.8 Å². The predicted octanol–water partition coefficient (Wildman–Crippen LogP) is 0.989. The maximum Gasteiger partial charge on any atom is 0.209 e. The largest absolute Gasteiger partial charge is 0.504 e. The Morgan fingerprint density at radius 1 is 1.57 bits per heavy atom. The Bertz CT molecular complexity index is 325. The molecule has 0 heterocycles. The van der Waals surface area contributed by atoms with Gasteiger partial charge in [-0.25, -0.2) is 0 Å². The Hall–Kier alpha value is -1.71. The first kappa shape index (κ1) is 10.4. The van der Waals surface area contributed by atoms with E-state index in [0.29, 0.717) is 12.3 Å². The van der Waals surface area contributed by atoms with Crippen LogP contribution in [0.3, 0.4) is 0 Å². The van der Waals surface area contributed by atoms with Crippen LogP contribution in [-0.4, -0.2) is 30.6 Å². The Morgan fingerprint density at radius 3 is 2.86 bits per heavy atom. The normalized spacial score (nSPS) is 9.57. The number of aromatic hydroxyl groups is 1. The predicted molar refractivity (Wildman–Crippen MR) is 52.2 cm³/mol. The molecule has 0 aliphatic heterocycles. The van der Waals surface area contributed by atoms with Crippen molar-refractivity contribution in [2.24, 2.45) is 0 Å². The lowest BCUT2D eigenvalue weighted by atomic mass is 10.2. The van der Waals surface area contributed by atoms with Crippen LogP contribution in [0.5, 0.6) is 11.5 Å². The van der Waals surface area contributed by atoms with Crippen molar-refractivity contribution in [3.05, 3.63) is 23.8 Å². The van der Waals surface area contributed by atoms with Crippen molar-refractivity contribution in [3.8, 4) is 11.5 Å². The Morgan fingerprint density at radius 2 is 2.29 bits per heavy atom. The van der Waals surface area contributed by atoms with Gasteiger partial charge in [-0.15, -0.1) is 0 Å². The highest BCUT2D eigenvalue weighted by atomic mass is 16.5. The van der Waals surface area contributed by atoms with E-state index in [1.54, 1.807) is 25.2 Å². The Kier molecular flexibility index (Phi) is 3.34. The van der Waals surface area contributed by atoms with Crippen molar-refractivity contribution in [3.63, 3.8) is 0 Å². The van der Waals surface area contributed by atoms with Crippen molar-refractivity contribution in [1.82, 2.24) is 4.90 Å². The molecule has 0 saturated carbocycles. The number of benzene rings is 1. The van der Waals surface area contributed by atoms with Gasteiger partial charge in [0.05, 0.1) is 7.11 Å². The molecule has 1 aromatic rings. The summed E-state index contributed by atoms with van der Waals surface area (Å²) in [6, 6.07) is 5.00. The number of amides is 1. The fourth-order valence-electron chi connectivity index (χ4n) is 1.15. The zero-order chi connectivity index (χ0) is 10.6. The van der Waals surface area contributed by atoms with Gasteiger partial charge in [0.1, 0.15) is 0 Å². The van der Waals surface area contributed by atoms with E-state index in [0.717, 1.165) is 12.0 Å². The molecule has 0 aliphatic rings. The van der Waals surface area contributed by atoms with E-state index in [1.807, 2.05) is 0 Å². The molecule has 0 aromatic heterocycles. The van der Waals surface area contributed by atoms with Gasteiger partial charge in [-0.05, 0) is 17.7 Å². The molecule has 1 amide bonds. The molecule has 0 aliphatic carbocycles. The lowest BCUT2D eigenvalue weighted by molar-refractivity contribution is -0.117. The minimum Gasteiger partial charge on any atom is -0.504 e. The van der Waals surface area contributed by atoms with Crippen LogP contribution in [0.2, 0.25) is 0 Å². The van der Waals surface area contributed by atoms with Crippen LogP contribution < -0.4 is 4.74 Å². The van der Waals surface area contributed by atoms with E-state index in [4.69, 9.17) is 4.74 Å². The van der Waals surface area contributed by atoms with Crippen LogP contribution in [0.1, 0.15) is 5.56 Å². The van der Waals surface area contributed by atoms with Crippen molar-refractivity contribution in [1.29, 1.82) is 0 Å². The molecule has 0 radical (unpaired) electrons. The summed E-state index contributed by atoms with van der Waals surface area (Å²) < 4.78 is 4.94. The first-order valence-corrected chi connectivity index (χ1v) is 4.18. The number of hydrogen-bond acceptors (Lipinski definition) is 3. The van der Waals surface area contributed by atoms with E-state index in [2.05, 4.69) is 0 Å². The number of carbonyl (C=O) groups is 1. The minimum absolute atomic E-state index is 0.102. The van der Waals surface area contributed by atoms with Gasteiger partial charge in [0.2, 0.25) is 6.41 Å². The third kappa shape index (κ3) is 2.39. The lowest BCUT2D eigenvalue weighted by Gasteiger charge is -2.11. The first-order chi connectivity index (χ1) is 6.67. The highest BCUT2D eigenvalue weighted by Crippen LogP contribution is 2.26. The van der Waals surface area contributed by atoms with Crippen LogP contribution in [0.25, 0.3) is 0 Å². The molecule has 0 saturated heterocycles. The van der Waals surface area contributed by atoms with Gasteiger partial charge in [-0.1, -0.05) is 6.07 Å². The van der Waals surface area contributed by atoms with Gasteiger partial charge in [0, 0.05) is 13.6 Å². The summed E-state index contributed by atoms with van der Waals surface area (Å²) in [6.45, 7) is 0.500. The number of phenols is 1. The summed E-state index contributed by atoms with van der Waals surface area (Å²) in [7, 11) is 3.18. The molecule has 1 aromatic carbocycles. The second kappa shape index (κ2) is 4.50. The molecule has 76 valence electrons. The summed E-state index contributed by atoms with van der Waals surface area (Å²) in [6.07, 6.45) is 0.749. The molecular weight excluding hydrogens is 182 g/mol. The SMILES string of the molecule is COc1cc(CN(C)C=O)ccc1O. The number of carbonyl (C=O) groups excluding carboxylic acids is 1. The van der Waals surface area contributed by atoms with Gasteiger partial charge in [-0.2, -0.15) is 0 Å². The highest BCUT2D eigenvalue weighted by Gasteiger charge is 2.03. The van der Waals surface area contributed by atoms with E-state index < -0.39 is 0 Å². The molecule has 0 spiro atoms. The average Bonchev–Trinajstić information content (AvgIpc) is 2.20. The van der Waals surface area contributed by atoms with Crippen LogP contribution >= 0.6 is 0 Å². The smallest absolute Gasteiger partial charge is 0.209 e. The van der Waals surface area contributed by atoms with Crippen LogP contribution in [0.4, 0.5) is 0 Å². The second-order valence-corrected chi connectivity index (χ2v) is 3.03. The first-order valence-electron chi connectivity index (χ1n) is 4.18. The fourth-order valence-corrected chi connectivity index (χ4v) is 1.15. The number of methoxy groups -OCH3 is 1. The van der Waals surface area contributed by atoms with Gasteiger partial charge < -0.3 is 14.7 Å². The van der Waals surface area contributed by atoms with E-state index in [1.165, 1.54) is 12.0 Å². The Balaban J connectivity index is 2.84. The molecule has 0 atom stereocenters. The van der Waals surface area contributed by atoms with E-state index in [9.17, 15) is 9.90 Å². The Labute approximate surface area is 82.7 Å². The average molecular weight is 195 g/mol. The number of nitrogens with zero attached hydrogens (tertiary/aromatic N) is 1. The summed E-state index contributed by atoms with van der Waals surface area (Å²) in [5, 5.41) is 9.32. The standard InChI is InChI=1S/C10H13NO3/c1-11(7-12)6-8-3-4-9(13)10(5-8)14-2/h3-5,7,13H,6H2,1-2H3. The quantitative estimate of drug-likeness (QED) is 0.729. The molecular formula is C10H13NO3. The summed E-state index contributed by atoms with van der Waals surface area (Å²) >= 11 is 0. The van der Waals surface area contributed by atoms with Crippen LogP contribution in [-0.2, 0) is 11.3 Å². The summed E-state index contributed by atoms with van der Waals surface area (Å²) in [5.74, 6) is 0.520. The molecule has 0 unspecified atom stereocenters. The molecule has 4 nitrogen and oxygen atoms in total. The third-order valence-electron chi connectivity index (χ3n) is 1.86. The maximum atomic E-state index is 10.4. The molecule has 0 fully saturated rings. The van der Waals surface area contributed by atoms with Crippen LogP contribution in [0.15, 0.2) is 18.2 Å². The van der Waals surface area contributed by atoms with E-state index in [-0.39, 0.29) is 5.75 Å². The molecule has 1 N–H and O–H groups in total. The third-order valence-corrected chi connectivity index (χ3v) is 1.86. The molecule has 1 rings (SSSR count). The monoisotopic (exact) mass is 195 g/mol. The van der Waals surface area contributed by atoms with Crippen molar-refractivity contribution in [2.45, 2.75) is 6.54 Å². The second-order valence-electron chi connectivity index (χ2n) is 3.03. The van der Waals surface area contributed by atoms with Crippen molar-refractivity contribution in [2.75, 3.05) is 14.2 Å². The number of hydrogen-bond donors (Lipinski definition) is 1. The highest BCUT2D eigenvalue weighted by molar-refractivity contribution is 5.48. The summed E-state index contributed by atoms with van der Waals surface area (Å²) in [4.78, 5) is 11.9. The zero-order valence-electron chi connectivity index (χ0n) is 8.23. The van der Waals surface area contributed by atoms with Gasteiger partial charge in [-0.3, -0.25) is 4.79 Å². The van der Waals surface area contributed by atoms with Crippen LogP contribution in [0, 0.1) is 0 Å². The van der Waals surface area contributed by atoms with Gasteiger partial charge >= 0.3 is 0 Å². The van der Waals surface area contributed by atoms with Gasteiger partial charge in [0.15, 0.2) is 11.5 Å². The number of rotatable bonds is 4. The zero-order valence-corrected chi connectivity index (χ0v) is 8.23. The fraction of sp³-hybridized carbons (Fsp3) is 0.300. The lowest BCUT2D eigenvalue weighted by Crippen LogP contribution is -2.14. The maximum absolute atomic E-state index is 10.4. The van der Waals surface area contributed by atoms with E-state index >= 15 is 0 Å². The molecule has 4 heteroatoms. The molecule has 0 bridgehead atoms. The van der Waals surface area contributed by atoms with Gasteiger partial charge in [0.25, 0.3) is 0 Å². The van der Waals surface area contributed by atoms with Crippen molar-refractivity contribution >= 4 is 6.41 Å². The molecule has 14 heavy (non-hydrogen) atoms. The number of ether oxygens (including phenoxy) is 1. The minimum atomic E-state index is 0.102.